The van der Waals surface area contributed by atoms with Gasteiger partial charge >= 0.3 is 0 Å². The number of aromatic nitrogens is 4. The lowest BCUT2D eigenvalue weighted by Gasteiger charge is -2.07. The van der Waals surface area contributed by atoms with Gasteiger partial charge in [0.25, 0.3) is 5.91 Å². The molecule has 0 saturated heterocycles. The SMILES string of the molecule is CCOc1ccc(C(=O)NCc2ccc(-c3nn4c(C)nnc4s3)cc2)cc1. The van der Waals surface area contributed by atoms with E-state index in [1.54, 1.807) is 28.8 Å². The van der Waals surface area contributed by atoms with Crippen molar-refractivity contribution in [3.63, 3.8) is 0 Å². The summed E-state index contributed by atoms with van der Waals surface area (Å²) in [5.41, 5.74) is 2.63. The molecule has 4 aromatic rings. The van der Waals surface area contributed by atoms with Crippen molar-refractivity contribution in [3.05, 3.63) is 65.5 Å². The monoisotopic (exact) mass is 393 g/mol. The van der Waals surface area contributed by atoms with Gasteiger partial charge in [0.15, 0.2) is 5.82 Å². The first-order chi connectivity index (χ1) is 13.6. The largest absolute Gasteiger partial charge is 0.494 e. The van der Waals surface area contributed by atoms with E-state index in [0.717, 1.165) is 32.7 Å². The third-order valence-corrected chi connectivity index (χ3v) is 5.18. The number of hydrogen-bond donors (Lipinski definition) is 1. The highest BCUT2D eigenvalue weighted by Crippen LogP contribution is 2.25. The second-order valence-electron chi connectivity index (χ2n) is 6.19. The average molecular weight is 393 g/mol. The maximum absolute atomic E-state index is 12.3. The van der Waals surface area contributed by atoms with Crippen LogP contribution >= 0.6 is 11.3 Å². The smallest absolute Gasteiger partial charge is 0.251 e. The maximum atomic E-state index is 12.3. The van der Waals surface area contributed by atoms with Gasteiger partial charge in [-0.05, 0) is 43.7 Å². The van der Waals surface area contributed by atoms with Crippen LogP contribution in [0.4, 0.5) is 0 Å². The van der Waals surface area contributed by atoms with E-state index in [1.165, 1.54) is 11.3 Å². The fourth-order valence-electron chi connectivity index (χ4n) is 2.75. The molecule has 4 rings (SSSR count). The van der Waals surface area contributed by atoms with Crippen LogP contribution in [0.25, 0.3) is 15.5 Å². The predicted octanol–water partition coefficient (Wildman–Crippen LogP) is 3.49. The highest BCUT2D eigenvalue weighted by atomic mass is 32.1. The number of nitrogens with one attached hydrogen (secondary N) is 1. The second kappa shape index (κ2) is 7.77. The van der Waals surface area contributed by atoms with Gasteiger partial charge in [-0.15, -0.1) is 10.2 Å². The summed E-state index contributed by atoms with van der Waals surface area (Å²) in [6.45, 7) is 4.86. The number of ether oxygens (including phenoxy) is 1. The molecule has 0 spiro atoms. The lowest BCUT2D eigenvalue weighted by Crippen LogP contribution is -2.22. The van der Waals surface area contributed by atoms with Crippen molar-refractivity contribution in [2.45, 2.75) is 20.4 Å². The van der Waals surface area contributed by atoms with Crippen LogP contribution in [0.2, 0.25) is 0 Å². The summed E-state index contributed by atoms with van der Waals surface area (Å²) in [5, 5.41) is 16.4. The molecule has 0 aliphatic carbocycles. The zero-order valence-corrected chi connectivity index (χ0v) is 16.4. The Morgan fingerprint density at radius 1 is 1.11 bits per heavy atom. The standard InChI is InChI=1S/C20H19N5O2S/c1-3-27-17-10-8-15(9-11-17)18(26)21-12-14-4-6-16(7-5-14)19-24-25-13(2)22-23-20(25)28-19/h4-11H,3,12H2,1-2H3,(H,21,26). The van der Waals surface area contributed by atoms with E-state index >= 15 is 0 Å². The summed E-state index contributed by atoms with van der Waals surface area (Å²) >= 11 is 1.50. The third kappa shape index (κ3) is 3.72. The minimum atomic E-state index is -0.115. The van der Waals surface area contributed by atoms with Crippen LogP contribution in [0.1, 0.15) is 28.7 Å². The molecule has 0 aliphatic heterocycles. The lowest BCUT2D eigenvalue weighted by atomic mass is 10.1. The van der Waals surface area contributed by atoms with Crippen LogP contribution in [-0.4, -0.2) is 32.3 Å². The lowest BCUT2D eigenvalue weighted by molar-refractivity contribution is 0.0951. The fraction of sp³-hybridized carbons (Fsp3) is 0.200. The van der Waals surface area contributed by atoms with E-state index in [2.05, 4.69) is 20.6 Å². The molecule has 0 radical (unpaired) electrons. The molecule has 0 saturated carbocycles. The molecule has 0 aliphatic rings. The van der Waals surface area contributed by atoms with Gasteiger partial charge in [0.1, 0.15) is 10.8 Å². The Balaban J connectivity index is 1.39. The van der Waals surface area contributed by atoms with Gasteiger partial charge in [-0.3, -0.25) is 4.79 Å². The summed E-state index contributed by atoms with van der Waals surface area (Å²) in [6.07, 6.45) is 0. The molecule has 0 fully saturated rings. The molecular formula is C20H19N5O2S. The Morgan fingerprint density at radius 2 is 1.86 bits per heavy atom. The van der Waals surface area contributed by atoms with Gasteiger partial charge in [0, 0.05) is 17.7 Å². The van der Waals surface area contributed by atoms with Gasteiger partial charge in [0.2, 0.25) is 4.96 Å². The molecule has 0 unspecified atom stereocenters. The molecular weight excluding hydrogens is 374 g/mol. The van der Waals surface area contributed by atoms with Crippen LogP contribution in [0, 0.1) is 6.92 Å². The summed E-state index contributed by atoms with van der Waals surface area (Å²) in [5.74, 6) is 1.41. The molecule has 2 heterocycles. The Hall–Kier alpha value is -3.26. The van der Waals surface area contributed by atoms with E-state index in [4.69, 9.17) is 4.74 Å². The number of hydrogen-bond acceptors (Lipinski definition) is 6. The van der Waals surface area contributed by atoms with Crippen LogP contribution in [0.15, 0.2) is 48.5 Å². The zero-order valence-electron chi connectivity index (χ0n) is 15.5. The minimum absolute atomic E-state index is 0.115. The van der Waals surface area contributed by atoms with Crippen molar-refractivity contribution < 1.29 is 9.53 Å². The first-order valence-corrected chi connectivity index (χ1v) is 9.75. The molecule has 0 atom stereocenters. The summed E-state index contributed by atoms with van der Waals surface area (Å²) in [6, 6.07) is 15.1. The fourth-order valence-corrected chi connectivity index (χ4v) is 3.64. The highest BCUT2D eigenvalue weighted by Gasteiger charge is 2.11. The molecule has 7 nitrogen and oxygen atoms in total. The predicted molar refractivity (Wildman–Crippen MR) is 108 cm³/mol. The van der Waals surface area contributed by atoms with Crippen molar-refractivity contribution >= 4 is 22.2 Å². The van der Waals surface area contributed by atoms with Crippen LogP contribution in [0.5, 0.6) is 5.75 Å². The molecule has 28 heavy (non-hydrogen) atoms. The number of fused-ring (bicyclic) bond motifs is 1. The van der Waals surface area contributed by atoms with Gasteiger partial charge in [0.05, 0.1) is 6.61 Å². The van der Waals surface area contributed by atoms with Gasteiger partial charge in [-0.25, -0.2) is 0 Å². The van der Waals surface area contributed by atoms with E-state index in [0.29, 0.717) is 18.7 Å². The van der Waals surface area contributed by atoms with Crippen molar-refractivity contribution in [2.75, 3.05) is 6.61 Å². The zero-order chi connectivity index (χ0) is 19.5. The summed E-state index contributed by atoms with van der Waals surface area (Å²) in [7, 11) is 0. The van der Waals surface area contributed by atoms with Crippen molar-refractivity contribution in [3.8, 4) is 16.3 Å². The molecule has 142 valence electrons. The van der Waals surface area contributed by atoms with E-state index in [9.17, 15) is 4.79 Å². The first-order valence-electron chi connectivity index (χ1n) is 8.93. The number of rotatable bonds is 6. The quantitative estimate of drug-likeness (QED) is 0.542. The number of nitrogens with zero attached hydrogens (tertiary/aromatic N) is 4. The van der Waals surface area contributed by atoms with Crippen molar-refractivity contribution in [1.29, 1.82) is 0 Å². The molecule has 8 heteroatoms. The Bertz CT molecular complexity index is 1100. The molecule has 2 aromatic heterocycles. The topological polar surface area (TPSA) is 81.4 Å². The molecule has 2 aromatic carbocycles. The van der Waals surface area contributed by atoms with E-state index in [1.807, 2.05) is 38.1 Å². The van der Waals surface area contributed by atoms with E-state index < -0.39 is 0 Å². The summed E-state index contributed by atoms with van der Waals surface area (Å²) in [4.78, 5) is 13.1. The van der Waals surface area contributed by atoms with Gasteiger partial charge in [-0.1, -0.05) is 35.6 Å². The molecule has 1 amide bonds. The summed E-state index contributed by atoms with van der Waals surface area (Å²) < 4.78 is 7.13. The van der Waals surface area contributed by atoms with Crippen molar-refractivity contribution in [1.82, 2.24) is 25.1 Å². The Labute approximate surface area is 166 Å². The molecule has 0 bridgehead atoms. The average Bonchev–Trinajstić information content (AvgIpc) is 3.29. The van der Waals surface area contributed by atoms with Crippen LogP contribution < -0.4 is 10.1 Å². The van der Waals surface area contributed by atoms with E-state index in [-0.39, 0.29) is 5.91 Å². The molecule has 1 N–H and O–H groups in total. The van der Waals surface area contributed by atoms with Crippen LogP contribution in [0.3, 0.4) is 0 Å². The van der Waals surface area contributed by atoms with Gasteiger partial charge in [-0.2, -0.15) is 9.61 Å². The number of benzene rings is 2. The normalized spacial score (nSPS) is 10.9. The third-order valence-electron chi connectivity index (χ3n) is 4.23. The Kier molecular flexibility index (Phi) is 5.03. The highest BCUT2D eigenvalue weighted by molar-refractivity contribution is 7.19. The first kappa shape index (κ1) is 18.1. The van der Waals surface area contributed by atoms with Crippen LogP contribution in [-0.2, 0) is 6.54 Å². The maximum Gasteiger partial charge on any atom is 0.251 e. The minimum Gasteiger partial charge on any atom is -0.494 e. The van der Waals surface area contributed by atoms with Crippen molar-refractivity contribution in [2.24, 2.45) is 0 Å². The van der Waals surface area contributed by atoms with Gasteiger partial charge < -0.3 is 10.1 Å². The Morgan fingerprint density at radius 3 is 2.54 bits per heavy atom. The number of carbonyl (C=O) groups excluding carboxylic acids is 1. The number of aryl methyl sites for hydroxylation is 1. The second-order valence-corrected chi connectivity index (χ2v) is 7.14. The number of carbonyl (C=O) groups is 1. The number of amides is 1.